The molecule has 0 saturated heterocycles. The SMILES string of the molecule is C/C(N)=C(\C(=O)NC(C)(C=O)CO)c1cc(OCC2CC2)ccn1.CN. The zero-order valence-electron chi connectivity index (χ0n) is 15.5. The fraction of sp³-hybridized carbons (Fsp3) is 0.500. The van der Waals surface area contributed by atoms with Crippen LogP contribution in [-0.2, 0) is 9.59 Å². The zero-order chi connectivity index (χ0) is 19.7. The molecule has 1 heterocycles. The number of nitrogens with zero attached hydrogens (tertiary/aromatic N) is 1. The molecule has 6 N–H and O–H groups in total. The van der Waals surface area contributed by atoms with Crippen LogP contribution < -0.4 is 21.5 Å². The number of carbonyl (C=O) groups is 2. The number of carbonyl (C=O) groups excluding carboxylic acids is 2. The Bertz CT molecular complexity index is 654. The number of rotatable bonds is 8. The van der Waals surface area contributed by atoms with Crippen LogP contribution in [0.15, 0.2) is 24.0 Å². The fourth-order valence-corrected chi connectivity index (χ4v) is 2.06. The molecule has 1 aliphatic carbocycles. The zero-order valence-corrected chi connectivity index (χ0v) is 15.5. The van der Waals surface area contributed by atoms with E-state index >= 15 is 0 Å². The van der Waals surface area contributed by atoms with Crippen LogP contribution in [0.1, 0.15) is 32.4 Å². The van der Waals surface area contributed by atoms with Crippen molar-refractivity contribution in [3.05, 3.63) is 29.7 Å². The summed E-state index contributed by atoms with van der Waals surface area (Å²) in [5, 5.41) is 11.7. The lowest BCUT2D eigenvalue weighted by molar-refractivity contribution is -0.123. The van der Waals surface area contributed by atoms with Gasteiger partial charge in [-0.05, 0) is 45.7 Å². The lowest BCUT2D eigenvalue weighted by Crippen LogP contribution is -2.50. The summed E-state index contributed by atoms with van der Waals surface area (Å²) < 4.78 is 5.69. The maximum Gasteiger partial charge on any atom is 0.256 e. The quantitative estimate of drug-likeness (QED) is 0.381. The molecule has 1 saturated carbocycles. The molecule has 0 spiro atoms. The number of aromatic nitrogens is 1. The van der Waals surface area contributed by atoms with Gasteiger partial charge < -0.3 is 31.4 Å². The van der Waals surface area contributed by atoms with Crippen molar-refractivity contribution in [3.8, 4) is 5.75 Å². The number of ether oxygens (including phenoxy) is 1. The van der Waals surface area contributed by atoms with E-state index in [1.807, 2.05) is 0 Å². The van der Waals surface area contributed by atoms with Crippen molar-refractivity contribution >= 4 is 17.8 Å². The van der Waals surface area contributed by atoms with Crippen LogP contribution in [0.3, 0.4) is 0 Å². The van der Waals surface area contributed by atoms with E-state index in [9.17, 15) is 14.7 Å². The van der Waals surface area contributed by atoms with E-state index in [-0.39, 0.29) is 11.3 Å². The molecule has 1 aromatic rings. The molecule has 26 heavy (non-hydrogen) atoms. The molecule has 1 atom stereocenters. The Morgan fingerprint density at radius 1 is 1.50 bits per heavy atom. The number of amides is 1. The van der Waals surface area contributed by atoms with Gasteiger partial charge in [0.15, 0.2) is 0 Å². The first-order valence-electron chi connectivity index (χ1n) is 8.41. The molecule has 0 aliphatic heterocycles. The van der Waals surface area contributed by atoms with Crippen molar-refractivity contribution < 1.29 is 19.4 Å². The van der Waals surface area contributed by atoms with Gasteiger partial charge in [-0.2, -0.15) is 0 Å². The van der Waals surface area contributed by atoms with Gasteiger partial charge in [-0.15, -0.1) is 0 Å². The summed E-state index contributed by atoms with van der Waals surface area (Å²) in [4.78, 5) is 27.8. The molecule has 8 heteroatoms. The Kier molecular flexibility index (Phi) is 8.21. The molecule has 8 nitrogen and oxygen atoms in total. The topological polar surface area (TPSA) is 141 Å². The molecule has 1 aliphatic rings. The van der Waals surface area contributed by atoms with Crippen molar-refractivity contribution in [2.45, 2.75) is 32.2 Å². The molecule has 1 amide bonds. The van der Waals surface area contributed by atoms with Crippen LogP contribution >= 0.6 is 0 Å². The minimum Gasteiger partial charge on any atom is -0.493 e. The minimum atomic E-state index is -1.38. The second-order valence-corrected chi connectivity index (χ2v) is 6.34. The number of hydrogen-bond acceptors (Lipinski definition) is 7. The molecule has 1 aromatic heterocycles. The molecule has 0 radical (unpaired) electrons. The Balaban J connectivity index is 0.00000163. The van der Waals surface area contributed by atoms with Gasteiger partial charge in [0.25, 0.3) is 5.91 Å². The van der Waals surface area contributed by atoms with Crippen molar-refractivity contribution in [2.75, 3.05) is 20.3 Å². The third-order valence-corrected chi connectivity index (χ3v) is 3.78. The molecule has 144 valence electrons. The average molecular weight is 364 g/mol. The lowest BCUT2D eigenvalue weighted by Gasteiger charge is -2.23. The van der Waals surface area contributed by atoms with Crippen LogP contribution in [0.25, 0.3) is 5.57 Å². The first-order chi connectivity index (χ1) is 12.4. The standard InChI is InChI=1S/C17H23N3O4.CH5N/c1-11(18)15(16(23)20-17(2,9-21)10-22)14-7-13(5-6-19-14)24-8-12-3-4-12;1-2/h5-7,9,12,22H,3-4,8,10,18H2,1-2H3,(H,20,23);2H2,1H3/b15-11+;. The van der Waals surface area contributed by atoms with Crippen molar-refractivity contribution in [1.29, 1.82) is 0 Å². The van der Waals surface area contributed by atoms with Gasteiger partial charge >= 0.3 is 0 Å². The third kappa shape index (κ3) is 6.12. The Hall–Kier alpha value is -2.45. The predicted octanol–water partition coefficient (Wildman–Crippen LogP) is 0.201. The summed E-state index contributed by atoms with van der Waals surface area (Å²) in [5.41, 5.74) is 9.72. The third-order valence-electron chi connectivity index (χ3n) is 3.78. The van der Waals surface area contributed by atoms with Gasteiger partial charge in [-0.1, -0.05) is 0 Å². The van der Waals surface area contributed by atoms with Gasteiger partial charge in [0.1, 0.15) is 17.6 Å². The Morgan fingerprint density at radius 3 is 2.65 bits per heavy atom. The molecule has 2 rings (SSSR count). The highest BCUT2D eigenvalue weighted by Gasteiger charge is 2.28. The molecule has 0 bridgehead atoms. The normalized spacial score (nSPS) is 16.3. The minimum absolute atomic E-state index is 0.147. The highest BCUT2D eigenvalue weighted by Crippen LogP contribution is 2.30. The van der Waals surface area contributed by atoms with Crippen LogP contribution in [0.2, 0.25) is 0 Å². The van der Waals surface area contributed by atoms with Gasteiger partial charge in [-0.3, -0.25) is 9.78 Å². The number of hydrogen-bond donors (Lipinski definition) is 4. The summed E-state index contributed by atoms with van der Waals surface area (Å²) >= 11 is 0. The number of aliphatic hydroxyl groups is 1. The molecular formula is C18H28N4O4. The second kappa shape index (κ2) is 9.88. The monoisotopic (exact) mass is 364 g/mol. The first kappa shape index (κ1) is 21.6. The summed E-state index contributed by atoms with van der Waals surface area (Å²) in [6, 6.07) is 3.36. The van der Waals surface area contributed by atoms with Crippen molar-refractivity contribution in [1.82, 2.24) is 10.3 Å². The first-order valence-corrected chi connectivity index (χ1v) is 8.41. The summed E-state index contributed by atoms with van der Waals surface area (Å²) in [7, 11) is 1.50. The van der Waals surface area contributed by atoms with E-state index in [0.717, 1.165) is 0 Å². The summed E-state index contributed by atoms with van der Waals surface area (Å²) in [6.07, 6.45) is 4.38. The lowest BCUT2D eigenvalue weighted by atomic mass is 10.0. The van der Waals surface area contributed by atoms with Gasteiger partial charge in [0, 0.05) is 18.0 Å². The number of allylic oxidation sites excluding steroid dienone is 1. The van der Waals surface area contributed by atoms with Crippen molar-refractivity contribution in [2.24, 2.45) is 17.4 Å². The van der Waals surface area contributed by atoms with E-state index in [0.29, 0.717) is 30.3 Å². The predicted molar refractivity (Wildman–Crippen MR) is 99.0 cm³/mol. The number of pyridine rings is 1. The summed E-state index contributed by atoms with van der Waals surface area (Å²) in [5.74, 6) is 0.637. The van der Waals surface area contributed by atoms with Crippen LogP contribution in [0.5, 0.6) is 5.75 Å². The van der Waals surface area contributed by atoms with E-state index < -0.39 is 18.1 Å². The van der Waals surface area contributed by atoms with E-state index in [2.05, 4.69) is 16.0 Å². The Morgan fingerprint density at radius 2 is 2.15 bits per heavy atom. The Labute approximate surface area is 153 Å². The second-order valence-electron chi connectivity index (χ2n) is 6.34. The van der Waals surface area contributed by atoms with Gasteiger partial charge in [-0.25, -0.2) is 0 Å². The van der Waals surface area contributed by atoms with Crippen LogP contribution in [0, 0.1) is 5.92 Å². The summed E-state index contributed by atoms with van der Waals surface area (Å²) in [6.45, 7) is 3.12. The number of nitrogens with one attached hydrogen (secondary N) is 1. The van der Waals surface area contributed by atoms with Gasteiger partial charge in [0.05, 0.1) is 24.5 Å². The maximum absolute atomic E-state index is 12.5. The molecule has 1 unspecified atom stereocenters. The van der Waals surface area contributed by atoms with E-state index in [4.69, 9.17) is 10.5 Å². The van der Waals surface area contributed by atoms with E-state index in [1.54, 1.807) is 25.3 Å². The number of aliphatic hydroxyl groups excluding tert-OH is 1. The largest absolute Gasteiger partial charge is 0.493 e. The molecule has 1 fully saturated rings. The van der Waals surface area contributed by atoms with Crippen LogP contribution in [0.4, 0.5) is 0 Å². The maximum atomic E-state index is 12.5. The molecular weight excluding hydrogens is 336 g/mol. The highest BCUT2D eigenvalue weighted by atomic mass is 16.5. The van der Waals surface area contributed by atoms with Crippen LogP contribution in [-0.4, -0.2) is 48.1 Å². The van der Waals surface area contributed by atoms with Gasteiger partial charge in [0.2, 0.25) is 0 Å². The number of aldehydes is 1. The smallest absolute Gasteiger partial charge is 0.256 e. The van der Waals surface area contributed by atoms with Crippen molar-refractivity contribution in [3.63, 3.8) is 0 Å². The average Bonchev–Trinajstić information content (AvgIpc) is 3.46. The number of nitrogens with two attached hydrogens (primary N) is 2. The highest BCUT2D eigenvalue weighted by molar-refractivity contribution is 6.20. The van der Waals surface area contributed by atoms with E-state index in [1.165, 1.54) is 26.8 Å². The fourth-order valence-electron chi connectivity index (χ4n) is 2.06. The molecule has 0 aromatic carbocycles.